The van der Waals surface area contributed by atoms with E-state index >= 15 is 0 Å². The number of aromatic nitrogens is 4. The van der Waals surface area contributed by atoms with E-state index in [9.17, 15) is 8.42 Å². The molecule has 11 heteroatoms. The first-order chi connectivity index (χ1) is 17.6. The van der Waals surface area contributed by atoms with Crippen molar-refractivity contribution < 1.29 is 8.42 Å². The van der Waals surface area contributed by atoms with Gasteiger partial charge in [-0.1, -0.05) is 42.5 Å². The fourth-order valence-corrected chi connectivity index (χ4v) is 5.31. The first kappa shape index (κ1) is 25.8. The van der Waals surface area contributed by atoms with E-state index in [-0.39, 0.29) is 22.7 Å². The van der Waals surface area contributed by atoms with Crippen LogP contribution in [0.3, 0.4) is 0 Å². The summed E-state index contributed by atoms with van der Waals surface area (Å²) in [5.74, 6) is -0.0893. The lowest BCUT2D eigenvalue weighted by atomic mass is 10.1. The number of rotatable bonds is 8. The van der Waals surface area contributed by atoms with E-state index < -0.39 is 9.84 Å². The van der Waals surface area contributed by atoms with E-state index in [0.29, 0.717) is 29.7 Å². The summed E-state index contributed by atoms with van der Waals surface area (Å²) in [6, 6.07) is 13.5. The Bertz CT molecular complexity index is 1560. The summed E-state index contributed by atoms with van der Waals surface area (Å²) in [5, 5.41) is 12.2. The predicted molar refractivity (Wildman–Crippen MR) is 146 cm³/mol. The molecule has 5 N–H and O–H groups in total. The van der Waals surface area contributed by atoms with Gasteiger partial charge in [0.1, 0.15) is 10.7 Å². The molecule has 0 amide bonds. The fraction of sp³-hybridized carbons (Fsp3) is 0.231. The van der Waals surface area contributed by atoms with Crippen LogP contribution < -0.4 is 11.5 Å². The highest BCUT2D eigenvalue weighted by atomic mass is 32.2. The lowest BCUT2D eigenvalue weighted by Gasteiger charge is -2.26. The van der Waals surface area contributed by atoms with Crippen molar-refractivity contribution in [3.05, 3.63) is 72.8 Å². The van der Waals surface area contributed by atoms with Gasteiger partial charge in [0.15, 0.2) is 21.4 Å². The van der Waals surface area contributed by atoms with Crippen LogP contribution in [0.4, 0.5) is 5.82 Å². The van der Waals surface area contributed by atoms with Gasteiger partial charge in [-0.2, -0.15) is 9.61 Å². The van der Waals surface area contributed by atoms with Gasteiger partial charge in [-0.15, -0.1) is 0 Å². The Kier molecular flexibility index (Phi) is 7.25. The number of pyridine rings is 1. The van der Waals surface area contributed by atoms with Crippen LogP contribution >= 0.6 is 0 Å². The molecule has 192 valence electrons. The van der Waals surface area contributed by atoms with Crippen molar-refractivity contribution in [2.75, 3.05) is 12.0 Å². The molecule has 0 unspecified atom stereocenters. The Morgan fingerprint density at radius 2 is 1.89 bits per heavy atom. The SMILES string of the molecule is C/C=C\N(C(=N)N)[C@H](C)CCc1nc2c(-c3ccc(-c4ccccc4)nc3)cnn2c(N)c1S(C)(=O)=O. The molecule has 1 aromatic carbocycles. The van der Waals surface area contributed by atoms with Gasteiger partial charge in [-0.3, -0.25) is 10.4 Å². The molecule has 0 aliphatic heterocycles. The molecule has 0 saturated heterocycles. The smallest absolute Gasteiger partial charge is 0.192 e. The minimum Gasteiger partial charge on any atom is -0.382 e. The number of nitrogens with one attached hydrogen (secondary N) is 1. The first-order valence-corrected chi connectivity index (χ1v) is 13.6. The number of nitrogen functional groups attached to an aromatic ring is 1. The average Bonchev–Trinajstić information content (AvgIpc) is 3.30. The molecule has 0 bridgehead atoms. The number of allylic oxidation sites excluding steroid dienone is 1. The second-order valence-electron chi connectivity index (χ2n) is 8.80. The van der Waals surface area contributed by atoms with Crippen LogP contribution in [0.5, 0.6) is 0 Å². The van der Waals surface area contributed by atoms with Crippen LogP contribution in [0.2, 0.25) is 0 Å². The second kappa shape index (κ2) is 10.4. The normalized spacial score (nSPS) is 12.7. The summed E-state index contributed by atoms with van der Waals surface area (Å²) in [7, 11) is -3.70. The van der Waals surface area contributed by atoms with Crippen molar-refractivity contribution in [3.8, 4) is 22.4 Å². The van der Waals surface area contributed by atoms with Gasteiger partial charge in [0.2, 0.25) is 0 Å². The van der Waals surface area contributed by atoms with E-state index in [1.807, 2.05) is 56.3 Å². The van der Waals surface area contributed by atoms with E-state index in [4.69, 9.17) is 21.9 Å². The minimum atomic E-state index is -3.70. The molecular weight excluding hydrogens is 488 g/mol. The van der Waals surface area contributed by atoms with Crippen molar-refractivity contribution in [3.63, 3.8) is 0 Å². The number of hydrogen-bond acceptors (Lipinski definition) is 7. The minimum absolute atomic E-state index is 0.00662. The number of nitrogens with zero attached hydrogens (tertiary/aromatic N) is 5. The van der Waals surface area contributed by atoms with Crippen LogP contribution in [-0.4, -0.2) is 51.2 Å². The lowest BCUT2D eigenvalue weighted by Crippen LogP contribution is -2.39. The van der Waals surface area contributed by atoms with Crippen molar-refractivity contribution in [1.29, 1.82) is 5.41 Å². The first-order valence-electron chi connectivity index (χ1n) is 11.7. The van der Waals surface area contributed by atoms with Crippen LogP contribution in [0.15, 0.2) is 72.0 Å². The van der Waals surface area contributed by atoms with E-state index in [2.05, 4.69) is 10.1 Å². The molecule has 0 spiro atoms. The zero-order chi connectivity index (χ0) is 26.7. The number of nitrogens with two attached hydrogens (primary N) is 2. The van der Waals surface area contributed by atoms with E-state index in [1.165, 1.54) is 4.52 Å². The number of anilines is 1. The van der Waals surface area contributed by atoms with Crippen molar-refractivity contribution >= 4 is 27.3 Å². The van der Waals surface area contributed by atoms with Crippen molar-refractivity contribution in [2.24, 2.45) is 5.73 Å². The van der Waals surface area contributed by atoms with Gasteiger partial charge in [-0.25, -0.2) is 13.4 Å². The Morgan fingerprint density at radius 3 is 2.49 bits per heavy atom. The predicted octanol–water partition coefficient (Wildman–Crippen LogP) is 3.49. The Morgan fingerprint density at radius 1 is 1.16 bits per heavy atom. The molecule has 0 radical (unpaired) electrons. The lowest BCUT2D eigenvalue weighted by molar-refractivity contribution is 0.395. The average molecular weight is 519 g/mol. The summed E-state index contributed by atoms with van der Waals surface area (Å²) < 4.78 is 26.8. The highest BCUT2D eigenvalue weighted by Crippen LogP contribution is 2.31. The fourth-order valence-electron chi connectivity index (χ4n) is 4.27. The Balaban J connectivity index is 1.75. The van der Waals surface area contributed by atoms with Gasteiger partial charge in [-0.05, 0) is 32.8 Å². The maximum absolute atomic E-state index is 12.7. The number of fused-ring (bicyclic) bond motifs is 1. The Labute approximate surface area is 216 Å². The quantitative estimate of drug-likeness (QED) is 0.236. The van der Waals surface area contributed by atoms with Gasteiger partial charge in [0.25, 0.3) is 0 Å². The van der Waals surface area contributed by atoms with Crippen LogP contribution in [0.1, 0.15) is 26.0 Å². The third-order valence-electron chi connectivity index (χ3n) is 6.08. The monoisotopic (exact) mass is 518 g/mol. The van der Waals surface area contributed by atoms with E-state index in [1.54, 1.807) is 29.6 Å². The van der Waals surface area contributed by atoms with Gasteiger partial charge >= 0.3 is 0 Å². The van der Waals surface area contributed by atoms with Gasteiger partial charge in [0, 0.05) is 41.4 Å². The number of hydrogen-bond donors (Lipinski definition) is 3. The molecule has 3 heterocycles. The third-order valence-corrected chi connectivity index (χ3v) is 7.27. The zero-order valence-corrected chi connectivity index (χ0v) is 21.8. The van der Waals surface area contributed by atoms with Crippen LogP contribution in [0.25, 0.3) is 28.0 Å². The summed E-state index contributed by atoms with van der Waals surface area (Å²) in [5.41, 5.74) is 16.2. The number of aryl methyl sites for hydroxylation is 1. The van der Waals surface area contributed by atoms with Gasteiger partial charge in [0.05, 0.1) is 17.6 Å². The van der Waals surface area contributed by atoms with Crippen molar-refractivity contribution in [2.45, 2.75) is 37.6 Å². The molecule has 0 saturated carbocycles. The third kappa shape index (κ3) is 5.31. The van der Waals surface area contributed by atoms with Crippen LogP contribution in [-0.2, 0) is 16.3 Å². The molecule has 37 heavy (non-hydrogen) atoms. The molecule has 1 atom stereocenters. The topological polar surface area (TPSA) is 156 Å². The van der Waals surface area contributed by atoms with Crippen LogP contribution in [0, 0.1) is 5.41 Å². The number of benzene rings is 1. The standard InChI is InChI=1S/C26H30N8O2S/c1-4-14-33(26(28)29)17(2)10-12-22-23(37(3,35)36)24(27)34-25(32-22)20(16-31-34)19-11-13-21(30-15-19)18-8-6-5-7-9-18/h4-9,11,13-17H,10,12,27H2,1-3H3,(H3,28,29)/b14-4-/t17-/m1/s1. The summed E-state index contributed by atoms with van der Waals surface area (Å²) in [6.07, 6.45) is 8.77. The molecule has 0 aliphatic carbocycles. The number of sulfone groups is 1. The zero-order valence-electron chi connectivity index (χ0n) is 21.0. The largest absolute Gasteiger partial charge is 0.382 e. The molecule has 0 fully saturated rings. The summed E-state index contributed by atoms with van der Waals surface area (Å²) in [4.78, 5) is 10.9. The maximum Gasteiger partial charge on any atom is 0.192 e. The highest BCUT2D eigenvalue weighted by Gasteiger charge is 2.25. The van der Waals surface area contributed by atoms with Crippen molar-refractivity contribution in [1.82, 2.24) is 24.5 Å². The summed E-state index contributed by atoms with van der Waals surface area (Å²) >= 11 is 0. The van der Waals surface area contributed by atoms with Gasteiger partial charge < -0.3 is 16.4 Å². The highest BCUT2D eigenvalue weighted by molar-refractivity contribution is 7.91. The molecule has 10 nitrogen and oxygen atoms in total. The molecule has 4 aromatic rings. The van der Waals surface area contributed by atoms with E-state index in [0.717, 1.165) is 23.1 Å². The molecular formula is C26H30N8O2S. The molecule has 3 aromatic heterocycles. The number of guanidine groups is 1. The summed E-state index contributed by atoms with van der Waals surface area (Å²) in [6.45, 7) is 3.75. The molecule has 4 rings (SSSR count). The molecule has 0 aliphatic rings. The Hall–Kier alpha value is -4.25. The second-order valence-corrected chi connectivity index (χ2v) is 10.8. The maximum atomic E-state index is 12.7.